The Morgan fingerprint density at radius 2 is 1.67 bits per heavy atom. The number of methoxy groups -OCH3 is 1. The fourth-order valence-corrected chi connectivity index (χ4v) is 5.89. The van der Waals surface area contributed by atoms with Gasteiger partial charge in [-0.3, -0.25) is 9.59 Å². The van der Waals surface area contributed by atoms with Crippen molar-refractivity contribution in [2.45, 2.75) is 50.6 Å². The van der Waals surface area contributed by atoms with E-state index in [-0.39, 0.29) is 35.5 Å². The number of alkyl halides is 3. The molecule has 1 saturated carbocycles. The molecule has 10 heteroatoms. The smallest absolute Gasteiger partial charge is 0.435 e. The third-order valence-corrected chi connectivity index (χ3v) is 8.03. The van der Waals surface area contributed by atoms with Crippen LogP contribution in [0.2, 0.25) is 0 Å². The van der Waals surface area contributed by atoms with Crippen molar-refractivity contribution in [2.75, 3.05) is 32.1 Å². The summed E-state index contributed by atoms with van der Waals surface area (Å²) >= 11 is 0. The fraction of sp³-hybridized carbons (Fsp3) is 0.414. The molecular weight excluding hydrogens is 509 g/mol. The first-order chi connectivity index (χ1) is 18.5. The molecule has 2 aliphatic rings. The molecular formula is C29H31F3N4O3. The summed E-state index contributed by atoms with van der Waals surface area (Å²) in [4.78, 5) is 28.9. The number of aromatic nitrogens is 2. The summed E-state index contributed by atoms with van der Waals surface area (Å²) in [7, 11) is 3.30. The van der Waals surface area contributed by atoms with Gasteiger partial charge in [-0.15, -0.1) is 0 Å². The van der Waals surface area contributed by atoms with Crippen LogP contribution in [-0.2, 0) is 22.8 Å². The van der Waals surface area contributed by atoms with Crippen LogP contribution in [0.25, 0.3) is 5.69 Å². The van der Waals surface area contributed by atoms with E-state index < -0.39 is 17.8 Å². The number of halogens is 3. The number of amides is 2. The molecule has 206 valence electrons. The van der Waals surface area contributed by atoms with Gasteiger partial charge in [0.05, 0.1) is 12.8 Å². The predicted octanol–water partition coefficient (Wildman–Crippen LogP) is 5.39. The number of nitrogens with zero attached hydrogens (tertiary/aromatic N) is 4. The lowest BCUT2D eigenvalue weighted by Gasteiger charge is -2.34. The molecule has 39 heavy (non-hydrogen) atoms. The number of carbonyl (C=O) groups is 2. The Labute approximate surface area is 225 Å². The van der Waals surface area contributed by atoms with Gasteiger partial charge in [0.25, 0.3) is 5.91 Å². The minimum atomic E-state index is -4.69. The maximum absolute atomic E-state index is 13.9. The summed E-state index contributed by atoms with van der Waals surface area (Å²) in [6.07, 6.45) is -0.556. The van der Waals surface area contributed by atoms with Crippen LogP contribution in [0.1, 0.15) is 59.9 Å². The van der Waals surface area contributed by atoms with Crippen LogP contribution in [0, 0.1) is 0 Å². The third-order valence-electron chi connectivity index (χ3n) is 8.03. The molecule has 2 amide bonds. The quantitative estimate of drug-likeness (QED) is 0.420. The van der Waals surface area contributed by atoms with Crippen molar-refractivity contribution < 1.29 is 27.5 Å². The topological polar surface area (TPSA) is 67.7 Å². The van der Waals surface area contributed by atoms with Gasteiger partial charge in [0.15, 0.2) is 5.69 Å². The second-order valence-electron chi connectivity index (χ2n) is 10.4. The van der Waals surface area contributed by atoms with Crippen LogP contribution in [0.3, 0.4) is 0 Å². The molecule has 2 heterocycles. The zero-order chi connectivity index (χ0) is 27.9. The van der Waals surface area contributed by atoms with Gasteiger partial charge in [-0.2, -0.15) is 18.3 Å². The number of hydrogen-bond donors (Lipinski definition) is 0. The first kappa shape index (κ1) is 26.8. The second kappa shape index (κ2) is 10.1. The molecule has 1 aliphatic heterocycles. The average Bonchev–Trinajstić information content (AvgIpc) is 3.55. The van der Waals surface area contributed by atoms with Crippen molar-refractivity contribution in [2.24, 2.45) is 0 Å². The highest BCUT2D eigenvalue weighted by molar-refractivity contribution is 6.07. The van der Waals surface area contributed by atoms with Crippen LogP contribution in [0.5, 0.6) is 5.75 Å². The second-order valence-corrected chi connectivity index (χ2v) is 10.4. The van der Waals surface area contributed by atoms with Gasteiger partial charge >= 0.3 is 6.18 Å². The van der Waals surface area contributed by atoms with E-state index in [9.17, 15) is 22.8 Å². The molecule has 0 saturated heterocycles. The molecule has 3 aromatic rings. The van der Waals surface area contributed by atoms with Crippen molar-refractivity contribution >= 4 is 17.5 Å². The molecule has 1 fully saturated rings. The SMILES string of the molecule is COc1ccc(-n2nc(C(F)(F)F)c3c2C(=O)N(c2ccc(C4(CN(C)C(C)=O)CCCC4)cc2)CC3)cc1. The lowest BCUT2D eigenvalue weighted by Crippen LogP contribution is -2.40. The fourth-order valence-electron chi connectivity index (χ4n) is 5.89. The third kappa shape index (κ3) is 4.88. The summed E-state index contributed by atoms with van der Waals surface area (Å²) in [6, 6.07) is 14.1. The Kier molecular flexibility index (Phi) is 6.90. The number of benzene rings is 2. The number of fused-ring (bicyclic) bond motifs is 1. The van der Waals surface area contributed by atoms with Gasteiger partial charge in [-0.25, -0.2) is 4.68 Å². The van der Waals surface area contributed by atoms with Crippen molar-refractivity contribution in [1.82, 2.24) is 14.7 Å². The van der Waals surface area contributed by atoms with E-state index in [4.69, 9.17) is 4.74 Å². The normalized spacial score (nSPS) is 16.8. The first-order valence-electron chi connectivity index (χ1n) is 13.0. The van der Waals surface area contributed by atoms with Crippen LogP contribution in [-0.4, -0.2) is 53.7 Å². The van der Waals surface area contributed by atoms with Gasteiger partial charge in [-0.1, -0.05) is 25.0 Å². The molecule has 0 unspecified atom stereocenters. The molecule has 0 atom stereocenters. The maximum atomic E-state index is 13.9. The highest BCUT2D eigenvalue weighted by Crippen LogP contribution is 2.43. The van der Waals surface area contributed by atoms with E-state index >= 15 is 0 Å². The Balaban J connectivity index is 1.49. The van der Waals surface area contributed by atoms with Gasteiger partial charge in [0.2, 0.25) is 5.91 Å². The summed E-state index contributed by atoms with van der Waals surface area (Å²) in [5.41, 5.74) is 0.696. The van der Waals surface area contributed by atoms with E-state index in [1.54, 1.807) is 36.1 Å². The van der Waals surface area contributed by atoms with Gasteiger partial charge in [-0.05, 0) is 61.2 Å². The number of ether oxygens (including phenoxy) is 1. The molecule has 1 aromatic heterocycles. The van der Waals surface area contributed by atoms with Crippen molar-refractivity contribution in [3.05, 3.63) is 71.0 Å². The van der Waals surface area contributed by atoms with Crippen LogP contribution >= 0.6 is 0 Å². The molecule has 7 nitrogen and oxygen atoms in total. The standard InChI is InChI=1S/C29H31F3N4O3/c1-19(37)34(2)18-28(15-4-5-16-28)20-6-8-21(9-7-20)35-17-14-24-25(27(35)38)36(33-26(24)29(30,31)32)22-10-12-23(39-3)13-11-22/h6-13H,4-5,14-18H2,1-3H3. The summed E-state index contributed by atoms with van der Waals surface area (Å²) < 4.78 is 47.9. The van der Waals surface area contributed by atoms with Gasteiger partial charge < -0.3 is 14.5 Å². The van der Waals surface area contributed by atoms with Crippen LogP contribution in [0.4, 0.5) is 18.9 Å². The zero-order valence-electron chi connectivity index (χ0n) is 22.2. The minimum Gasteiger partial charge on any atom is -0.497 e. The summed E-state index contributed by atoms with van der Waals surface area (Å²) in [5.74, 6) is 0.0208. The molecule has 0 bridgehead atoms. The summed E-state index contributed by atoms with van der Waals surface area (Å²) in [6.45, 7) is 2.29. The number of likely N-dealkylation sites (N-methyl/N-ethyl adjacent to an activating group) is 1. The minimum absolute atomic E-state index is 0.0133. The monoisotopic (exact) mass is 540 g/mol. The highest BCUT2D eigenvalue weighted by Gasteiger charge is 2.43. The van der Waals surface area contributed by atoms with Crippen molar-refractivity contribution in [3.8, 4) is 11.4 Å². The Morgan fingerprint density at radius 1 is 1.05 bits per heavy atom. The van der Waals surface area contributed by atoms with Gasteiger partial charge in [0, 0.05) is 43.7 Å². The van der Waals surface area contributed by atoms with Crippen molar-refractivity contribution in [1.29, 1.82) is 0 Å². The van der Waals surface area contributed by atoms with Crippen LogP contribution < -0.4 is 9.64 Å². The Morgan fingerprint density at radius 3 is 2.23 bits per heavy atom. The van der Waals surface area contributed by atoms with E-state index in [0.717, 1.165) is 35.9 Å². The molecule has 5 rings (SSSR count). The van der Waals surface area contributed by atoms with E-state index in [0.29, 0.717) is 23.7 Å². The molecule has 0 N–H and O–H groups in total. The average molecular weight is 541 g/mol. The maximum Gasteiger partial charge on any atom is 0.435 e. The van der Waals surface area contributed by atoms with Gasteiger partial charge in [0.1, 0.15) is 11.4 Å². The highest BCUT2D eigenvalue weighted by atomic mass is 19.4. The predicted molar refractivity (Wildman–Crippen MR) is 140 cm³/mol. The number of anilines is 1. The Hall–Kier alpha value is -3.82. The molecule has 0 radical (unpaired) electrons. The van der Waals surface area contributed by atoms with Crippen LogP contribution in [0.15, 0.2) is 48.5 Å². The number of rotatable bonds is 6. The zero-order valence-corrected chi connectivity index (χ0v) is 22.2. The first-order valence-corrected chi connectivity index (χ1v) is 13.0. The summed E-state index contributed by atoms with van der Waals surface area (Å²) in [5, 5.41) is 3.86. The van der Waals surface area contributed by atoms with E-state index in [2.05, 4.69) is 5.10 Å². The lowest BCUT2D eigenvalue weighted by molar-refractivity contribution is -0.142. The van der Waals surface area contributed by atoms with E-state index in [1.165, 1.54) is 12.0 Å². The molecule has 2 aromatic carbocycles. The molecule has 1 aliphatic carbocycles. The Bertz CT molecular complexity index is 1370. The largest absolute Gasteiger partial charge is 0.497 e. The van der Waals surface area contributed by atoms with E-state index in [1.807, 2.05) is 31.3 Å². The molecule has 0 spiro atoms. The number of hydrogen-bond acceptors (Lipinski definition) is 4. The van der Waals surface area contributed by atoms with Crippen molar-refractivity contribution in [3.63, 3.8) is 0 Å². The number of carbonyl (C=O) groups excluding carboxylic acids is 2. The lowest BCUT2D eigenvalue weighted by atomic mass is 9.78.